The molecule has 23 nitrogen and oxygen atoms in total. The van der Waals surface area contributed by atoms with Crippen LogP contribution in [0.5, 0.6) is 0 Å². The van der Waals surface area contributed by atoms with Gasteiger partial charge in [0.1, 0.15) is 48.9 Å². The van der Waals surface area contributed by atoms with Gasteiger partial charge in [0.25, 0.3) is 0 Å². The van der Waals surface area contributed by atoms with Gasteiger partial charge in [0.15, 0.2) is 0 Å². The van der Waals surface area contributed by atoms with Gasteiger partial charge in [-0.1, -0.05) is 50.9 Å². The summed E-state index contributed by atoms with van der Waals surface area (Å²) >= 11 is 6.06. The number of nitrogens with zero attached hydrogens (tertiary/aromatic N) is 14. The van der Waals surface area contributed by atoms with Gasteiger partial charge in [-0.3, -0.25) is 38.9 Å². The highest BCUT2D eigenvalue weighted by atomic mass is 35.5. The van der Waals surface area contributed by atoms with Crippen molar-refractivity contribution in [3.05, 3.63) is 147 Å². The summed E-state index contributed by atoms with van der Waals surface area (Å²) in [5.74, 6) is 0. The average molecular weight is 1460 g/mol. The van der Waals surface area contributed by atoms with Crippen molar-refractivity contribution in [2.75, 3.05) is 33.2 Å². The average Bonchev–Trinajstić information content (AvgIpc) is 1.66. The number of aromatic amines is 3. The fourth-order valence-electron chi connectivity index (χ4n) is 11.0. The number of ether oxygens (including phenoxy) is 2. The molecule has 15 heterocycles. The van der Waals surface area contributed by atoms with E-state index in [1.165, 1.54) is 6.92 Å². The Bertz CT molecular complexity index is 4780. The number of nitrogens with one attached hydrogen (secondary N) is 3. The fraction of sp³-hybridized carbons (Fsp3) is 0.417. The number of fused-ring (bicyclic) bond motifs is 9. The second kappa shape index (κ2) is 33.1. The molecule has 2 aliphatic rings. The SMILES string of the molecule is CC1(C)OB(c2cn[nH]c2)OC1(C)C.CC1(C)OB(c2cn[nH]c2)OC1(C)C.CCF.C[Si](C)(C)CCOCn1c2ccncc2c2ccc(-c3cnn(CCF)c3)nc21.C[Si](C)(C)CCOCn1c2ccncc2c2ccc(Cl)nc21.FCCn1cc(-c2ccc3c(n2)[nH]c2ccncc23)cn1. The molecule has 2 fully saturated rings. The van der Waals surface area contributed by atoms with Gasteiger partial charge in [0.05, 0.1) is 82.5 Å². The van der Waals surface area contributed by atoms with E-state index in [2.05, 4.69) is 115 Å². The minimum absolute atomic E-state index is 0.249. The van der Waals surface area contributed by atoms with Crippen LogP contribution in [0.25, 0.3) is 88.3 Å². The van der Waals surface area contributed by atoms with E-state index < -0.39 is 29.5 Å². The molecule has 0 unspecified atom stereocenters. The molecule has 0 aromatic carbocycles. The molecule has 13 aromatic heterocycles. The first kappa shape index (κ1) is 77.2. The third-order valence-corrected chi connectivity index (χ3v) is 21.9. The number of rotatable bonds is 18. The van der Waals surface area contributed by atoms with Crippen molar-refractivity contribution in [2.24, 2.45) is 0 Å². The monoisotopic (exact) mass is 1460 g/mol. The summed E-state index contributed by atoms with van der Waals surface area (Å²) in [5, 5.41) is 28.4. The molecule has 0 saturated carbocycles. The zero-order valence-electron chi connectivity index (χ0n) is 61.4. The number of aryl methyl sites for hydroxylation is 2. The van der Waals surface area contributed by atoms with E-state index >= 15 is 0 Å². The molecule has 0 radical (unpaired) electrons. The Hall–Kier alpha value is -8.46. The van der Waals surface area contributed by atoms with Gasteiger partial charge in [-0.25, -0.2) is 23.7 Å². The second-order valence-electron chi connectivity index (χ2n) is 29.4. The summed E-state index contributed by atoms with van der Waals surface area (Å²) < 4.78 is 77.8. The van der Waals surface area contributed by atoms with Crippen LogP contribution >= 0.6 is 11.6 Å². The van der Waals surface area contributed by atoms with Crippen LogP contribution in [0.1, 0.15) is 62.3 Å². The summed E-state index contributed by atoms with van der Waals surface area (Å²) in [5.41, 5.74) is 9.77. The highest BCUT2D eigenvalue weighted by Crippen LogP contribution is 2.38. The van der Waals surface area contributed by atoms with Crippen LogP contribution in [0.15, 0.2) is 141 Å². The Balaban J connectivity index is 0.000000140. The van der Waals surface area contributed by atoms with Gasteiger partial charge in [0, 0.05) is 158 Å². The first-order chi connectivity index (χ1) is 49.0. The molecule has 0 bridgehead atoms. The number of halogens is 4. The Morgan fingerprint density at radius 3 is 1.36 bits per heavy atom. The van der Waals surface area contributed by atoms with Crippen LogP contribution in [0.2, 0.25) is 56.5 Å². The summed E-state index contributed by atoms with van der Waals surface area (Å²) in [6.07, 6.45) is 25.0. The third kappa shape index (κ3) is 18.9. The Labute approximate surface area is 605 Å². The summed E-state index contributed by atoms with van der Waals surface area (Å²) in [6.45, 7) is 33.7. The third-order valence-electron chi connectivity index (χ3n) is 18.3. The topological polar surface area (TPSA) is 251 Å². The van der Waals surface area contributed by atoms with Gasteiger partial charge in [-0.2, -0.15) is 20.4 Å². The first-order valence-electron chi connectivity index (χ1n) is 34.4. The molecule has 0 amide bonds. The normalized spacial score (nSPS) is 15.2. The highest BCUT2D eigenvalue weighted by Gasteiger charge is 2.53. The second-order valence-corrected chi connectivity index (χ2v) is 41.0. The number of hydrogen-bond acceptors (Lipinski definition) is 16. The molecule has 15 rings (SSSR count). The lowest BCUT2D eigenvalue weighted by Gasteiger charge is -2.32. The quantitative estimate of drug-likeness (QED) is 0.0410. The Morgan fingerprint density at radius 2 is 0.922 bits per heavy atom. The van der Waals surface area contributed by atoms with Gasteiger partial charge >= 0.3 is 14.2 Å². The molecule has 31 heteroatoms. The maximum Gasteiger partial charge on any atom is 0.498 e. The zero-order chi connectivity index (χ0) is 73.9. The molecule has 13 aromatic rings. The number of pyridine rings is 6. The lowest BCUT2D eigenvalue weighted by molar-refractivity contribution is 0.00578. The van der Waals surface area contributed by atoms with E-state index in [0.29, 0.717) is 18.6 Å². The first-order valence-corrected chi connectivity index (χ1v) is 42.2. The van der Waals surface area contributed by atoms with E-state index in [-0.39, 0.29) is 56.4 Å². The maximum absolute atomic E-state index is 12.6. The predicted octanol–water partition coefficient (Wildman–Crippen LogP) is 14.6. The number of aromatic nitrogens is 17. The molecule has 0 aliphatic carbocycles. The largest absolute Gasteiger partial charge is 0.498 e. The number of H-pyrrole nitrogens is 3. The van der Waals surface area contributed by atoms with E-state index in [1.54, 1.807) is 71.3 Å². The van der Waals surface area contributed by atoms with Crippen molar-refractivity contribution < 1.29 is 41.3 Å². The molecule has 103 heavy (non-hydrogen) atoms. The molecule has 3 N–H and O–H groups in total. The van der Waals surface area contributed by atoms with Crippen LogP contribution in [-0.2, 0) is 54.6 Å². The van der Waals surface area contributed by atoms with Crippen LogP contribution in [-0.4, -0.2) is 170 Å². The molecule has 0 atom stereocenters. The van der Waals surface area contributed by atoms with Gasteiger partial charge in [0.2, 0.25) is 0 Å². The number of hydrogen-bond donors (Lipinski definition) is 3. The zero-order valence-corrected chi connectivity index (χ0v) is 64.2. The molecule has 0 spiro atoms. The molecule has 544 valence electrons. The van der Waals surface area contributed by atoms with Crippen molar-refractivity contribution in [3.63, 3.8) is 0 Å². The standard InChI is InChI=1S/C21H26FN5OSi.C16H20ClN3OSi.C15H12FN5.2C9H15BN2O2.C2H5F/c1-29(2,3)11-10-28-15-27-20-6-8-23-13-18(20)17-4-5-19(25-21(17)27)16-12-24-26(14-16)9-7-22;1-22(2,3)9-8-21-11-20-14-6-7-18-10-13(14)12-4-5-15(17)19-16(12)20;16-4-6-21-9-10(7-18-21)13-2-1-11-12-8-17-5-3-14(12)20-15(11)19-13;2*1-8(2)9(3,4)14-10(13-8)7-5-11-12-6-7;1-2-3/h4-6,8,12-14H,7,9-11,15H2,1-3H3;4-7,10H,8-9,11H2,1-3H3;1-3,5,7-9H,4,6H2,(H,19,20);2*5-6H,1-4H3,(H,11,12);2H2,1H3. The highest BCUT2D eigenvalue weighted by molar-refractivity contribution is 6.76. The molecular formula is C72H93B2ClF3N17O6Si2. The van der Waals surface area contributed by atoms with Gasteiger partial charge in [-0.05, 0) is 129 Å². The van der Waals surface area contributed by atoms with Gasteiger partial charge < -0.3 is 42.2 Å². The van der Waals surface area contributed by atoms with Crippen molar-refractivity contribution >= 4 is 119 Å². The van der Waals surface area contributed by atoms with E-state index in [0.717, 1.165) is 125 Å². The summed E-state index contributed by atoms with van der Waals surface area (Å²) in [6, 6.07) is 20.0. The Kier molecular flexibility index (Phi) is 24.8. The van der Waals surface area contributed by atoms with Crippen LogP contribution < -0.4 is 10.9 Å². The van der Waals surface area contributed by atoms with Crippen LogP contribution in [0, 0.1) is 0 Å². The lowest BCUT2D eigenvalue weighted by Crippen LogP contribution is -2.41. The molecule has 2 saturated heterocycles. The van der Waals surface area contributed by atoms with Gasteiger partial charge in [-0.15, -0.1) is 0 Å². The van der Waals surface area contributed by atoms with Crippen molar-refractivity contribution in [1.29, 1.82) is 0 Å². The predicted molar refractivity (Wildman–Crippen MR) is 409 cm³/mol. The Morgan fingerprint density at radius 1 is 0.505 bits per heavy atom. The minimum atomic E-state index is -1.14. The molecular weight excluding hydrogens is 1370 g/mol. The number of alkyl halides is 3. The lowest BCUT2D eigenvalue weighted by atomic mass is 9.82. The minimum Gasteiger partial charge on any atom is -0.399 e. The smallest absolute Gasteiger partial charge is 0.399 e. The van der Waals surface area contributed by atoms with E-state index in [9.17, 15) is 13.2 Å². The van der Waals surface area contributed by atoms with Crippen LogP contribution in [0.3, 0.4) is 0 Å². The van der Waals surface area contributed by atoms with Crippen molar-refractivity contribution in [2.45, 2.75) is 163 Å². The molecule has 2 aliphatic heterocycles. The van der Waals surface area contributed by atoms with Crippen LogP contribution in [0.4, 0.5) is 13.2 Å². The van der Waals surface area contributed by atoms with Crippen molar-refractivity contribution in [3.8, 4) is 22.5 Å². The maximum atomic E-state index is 12.6. The summed E-state index contributed by atoms with van der Waals surface area (Å²) in [4.78, 5) is 29.9. The van der Waals surface area contributed by atoms with E-state index in [4.69, 9.17) is 44.7 Å². The van der Waals surface area contributed by atoms with Crippen molar-refractivity contribution in [1.82, 2.24) is 84.0 Å². The fourth-order valence-corrected chi connectivity index (χ4v) is 12.7. The van der Waals surface area contributed by atoms with E-state index in [1.807, 2.05) is 129 Å². The summed E-state index contributed by atoms with van der Waals surface area (Å²) in [7, 11) is -2.83.